The van der Waals surface area contributed by atoms with Crippen LogP contribution in [0.25, 0.3) is 11.4 Å². The summed E-state index contributed by atoms with van der Waals surface area (Å²) in [7, 11) is 4.60. The molecule has 3 rings (SSSR count). The van der Waals surface area contributed by atoms with Crippen molar-refractivity contribution in [3.63, 3.8) is 0 Å². The summed E-state index contributed by atoms with van der Waals surface area (Å²) in [6, 6.07) is 11.1. The number of carbonyl (C=O) groups excluding carboxylic acids is 1. The number of rotatable bonds is 10. The van der Waals surface area contributed by atoms with Gasteiger partial charge in [-0.2, -0.15) is 9.67 Å². The number of benzene rings is 2. The van der Waals surface area contributed by atoms with E-state index in [9.17, 15) is 4.79 Å². The van der Waals surface area contributed by atoms with Crippen LogP contribution in [-0.4, -0.2) is 48.1 Å². The van der Waals surface area contributed by atoms with Crippen molar-refractivity contribution in [3.05, 3.63) is 47.5 Å². The van der Waals surface area contributed by atoms with Gasteiger partial charge in [0.2, 0.25) is 5.75 Å². The Morgan fingerprint density at radius 3 is 2.15 bits per heavy atom. The molecule has 0 radical (unpaired) electrons. The molecule has 0 saturated heterocycles. The Kier molecular flexibility index (Phi) is 7.92. The van der Waals surface area contributed by atoms with E-state index in [1.54, 1.807) is 12.1 Å². The van der Waals surface area contributed by atoms with Gasteiger partial charge in [0, 0.05) is 11.1 Å². The summed E-state index contributed by atoms with van der Waals surface area (Å²) in [6.45, 7) is 5.90. The summed E-state index contributed by atoms with van der Waals surface area (Å²) in [4.78, 5) is 17.9. The second kappa shape index (κ2) is 10.8. The van der Waals surface area contributed by atoms with Gasteiger partial charge in [-0.1, -0.05) is 25.5 Å². The van der Waals surface area contributed by atoms with E-state index in [1.807, 2.05) is 38.1 Å². The normalized spacial score (nSPS) is 10.9. The monoisotopic (exact) mass is 453 g/mol. The standard InChI is InChI=1S/C25H31N3O5/c1-7-8-9-17-10-12-18(13-11-17)24(29)28-23(26-25(27-28)33-16(2)3)19-14-20(30-4)22(32-6)21(15-19)31-5/h10-16H,7-9H2,1-6H3. The highest BCUT2D eigenvalue weighted by Crippen LogP contribution is 2.41. The molecule has 0 amide bonds. The molecule has 8 heteroatoms. The van der Waals surface area contributed by atoms with Crippen molar-refractivity contribution in [2.45, 2.75) is 46.1 Å². The largest absolute Gasteiger partial charge is 0.493 e. The number of methoxy groups -OCH3 is 3. The molecule has 0 spiro atoms. The Bertz CT molecular complexity index is 1060. The molecule has 0 fully saturated rings. The maximum absolute atomic E-state index is 13.4. The lowest BCUT2D eigenvalue weighted by Crippen LogP contribution is -2.16. The van der Waals surface area contributed by atoms with Crippen molar-refractivity contribution in [2.75, 3.05) is 21.3 Å². The molecule has 0 aliphatic carbocycles. The smallest absolute Gasteiger partial charge is 0.336 e. The van der Waals surface area contributed by atoms with Crippen LogP contribution >= 0.6 is 0 Å². The third kappa shape index (κ3) is 5.45. The van der Waals surface area contributed by atoms with Crippen molar-refractivity contribution in [1.29, 1.82) is 0 Å². The Morgan fingerprint density at radius 1 is 1.00 bits per heavy atom. The van der Waals surface area contributed by atoms with Gasteiger partial charge in [-0.05, 0) is 56.5 Å². The molecule has 0 bridgehead atoms. The van der Waals surface area contributed by atoms with E-state index in [2.05, 4.69) is 17.0 Å². The topological polar surface area (TPSA) is 84.7 Å². The second-order valence-corrected chi connectivity index (χ2v) is 7.82. The van der Waals surface area contributed by atoms with E-state index >= 15 is 0 Å². The quantitative estimate of drug-likeness (QED) is 0.436. The van der Waals surface area contributed by atoms with Crippen LogP contribution in [0.4, 0.5) is 0 Å². The third-order valence-corrected chi connectivity index (χ3v) is 5.06. The molecule has 1 aromatic heterocycles. The van der Waals surface area contributed by atoms with E-state index < -0.39 is 0 Å². The van der Waals surface area contributed by atoms with Crippen LogP contribution in [0, 0.1) is 0 Å². The fourth-order valence-electron chi connectivity index (χ4n) is 3.41. The van der Waals surface area contributed by atoms with Gasteiger partial charge in [-0.15, -0.1) is 5.10 Å². The molecule has 1 heterocycles. The molecule has 0 aliphatic rings. The van der Waals surface area contributed by atoms with Crippen LogP contribution in [0.2, 0.25) is 0 Å². The minimum Gasteiger partial charge on any atom is -0.493 e. The first-order valence-corrected chi connectivity index (χ1v) is 11.0. The van der Waals surface area contributed by atoms with Crippen molar-refractivity contribution in [1.82, 2.24) is 14.8 Å². The lowest BCUT2D eigenvalue weighted by molar-refractivity contribution is 0.0943. The summed E-state index contributed by atoms with van der Waals surface area (Å²) < 4.78 is 23.3. The van der Waals surface area contributed by atoms with Crippen molar-refractivity contribution in [3.8, 4) is 34.6 Å². The molecular formula is C25H31N3O5. The van der Waals surface area contributed by atoms with E-state index in [0.717, 1.165) is 19.3 Å². The molecule has 0 unspecified atom stereocenters. The highest BCUT2D eigenvalue weighted by Gasteiger charge is 2.23. The number of ether oxygens (including phenoxy) is 4. The molecule has 2 aromatic carbocycles. The first-order valence-electron chi connectivity index (χ1n) is 11.0. The first kappa shape index (κ1) is 24.1. The zero-order chi connectivity index (χ0) is 24.0. The van der Waals surface area contributed by atoms with E-state index in [1.165, 1.54) is 31.6 Å². The van der Waals surface area contributed by atoms with Gasteiger partial charge in [0.05, 0.1) is 27.4 Å². The Labute approximate surface area is 194 Å². The van der Waals surface area contributed by atoms with Crippen LogP contribution in [-0.2, 0) is 6.42 Å². The van der Waals surface area contributed by atoms with Crippen molar-refractivity contribution < 1.29 is 23.7 Å². The van der Waals surface area contributed by atoms with E-state index in [-0.39, 0.29) is 18.0 Å². The zero-order valence-electron chi connectivity index (χ0n) is 20.0. The summed E-state index contributed by atoms with van der Waals surface area (Å²) in [5, 5.41) is 4.35. The van der Waals surface area contributed by atoms with Gasteiger partial charge >= 0.3 is 6.01 Å². The Morgan fingerprint density at radius 2 is 1.64 bits per heavy atom. The minimum absolute atomic E-state index is 0.113. The molecule has 0 atom stereocenters. The van der Waals surface area contributed by atoms with Crippen molar-refractivity contribution >= 4 is 5.91 Å². The second-order valence-electron chi connectivity index (χ2n) is 7.82. The number of aromatic nitrogens is 3. The number of hydrogen-bond acceptors (Lipinski definition) is 7. The number of unbranched alkanes of at least 4 members (excludes halogenated alkanes) is 1. The first-order chi connectivity index (χ1) is 15.9. The molecule has 0 aliphatic heterocycles. The Hall–Kier alpha value is -3.55. The molecule has 0 N–H and O–H groups in total. The van der Waals surface area contributed by atoms with Gasteiger partial charge in [-0.25, -0.2) is 0 Å². The fraction of sp³-hybridized carbons (Fsp3) is 0.400. The van der Waals surface area contributed by atoms with Crippen LogP contribution in [0.1, 0.15) is 49.5 Å². The van der Waals surface area contributed by atoms with Gasteiger partial charge in [0.25, 0.3) is 5.91 Å². The molecule has 33 heavy (non-hydrogen) atoms. The van der Waals surface area contributed by atoms with Crippen LogP contribution in [0.15, 0.2) is 36.4 Å². The van der Waals surface area contributed by atoms with Gasteiger partial charge in [0.15, 0.2) is 17.3 Å². The van der Waals surface area contributed by atoms with E-state index in [4.69, 9.17) is 18.9 Å². The fourth-order valence-corrected chi connectivity index (χ4v) is 3.41. The number of hydrogen-bond donors (Lipinski definition) is 0. The summed E-state index contributed by atoms with van der Waals surface area (Å²) in [5.74, 6) is 1.33. The maximum Gasteiger partial charge on any atom is 0.336 e. The third-order valence-electron chi connectivity index (χ3n) is 5.06. The van der Waals surface area contributed by atoms with Crippen LogP contribution < -0.4 is 18.9 Å². The SMILES string of the molecule is CCCCc1ccc(C(=O)n2nc(OC(C)C)nc2-c2cc(OC)c(OC)c(OC)c2)cc1. The summed E-state index contributed by atoms with van der Waals surface area (Å²) >= 11 is 0. The average molecular weight is 454 g/mol. The number of nitrogens with zero attached hydrogens (tertiary/aromatic N) is 3. The molecular weight excluding hydrogens is 422 g/mol. The summed E-state index contributed by atoms with van der Waals surface area (Å²) in [6.07, 6.45) is 3.06. The number of carbonyl (C=O) groups is 1. The highest BCUT2D eigenvalue weighted by molar-refractivity contribution is 5.97. The maximum atomic E-state index is 13.4. The average Bonchev–Trinajstić information content (AvgIpc) is 3.24. The molecule has 8 nitrogen and oxygen atoms in total. The lowest BCUT2D eigenvalue weighted by Gasteiger charge is -2.14. The minimum atomic E-state index is -0.313. The van der Waals surface area contributed by atoms with Gasteiger partial charge in [0.1, 0.15) is 0 Å². The number of aryl methyl sites for hydroxylation is 1. The highest BCUT2D eigenvalue weighted by atomic mass is 16.5. The van der Waals surface area contributed by atoms with Crippen LogP contribution in [0.5, 0.6) is 23.3 Å². The predicted molar refractivity (Wildman–Crippen MR) is 126 cm³/mol. The predicted octanol–water partition coefficient (Wildman–Crippen LogP) is 4.79. The van der Waals surface area contributed by atoms with Crippen molar-refractivity contribution in [2.24, 2.45) is 0 Å². The summed E-state index contributed by atoms with van der Waals surface area (Å²) in [5.41, 5.74) is 2.27. The van der Waals surface area contributed by atoms with Gasteiger partial charge < -0.3 is 18.9 Å². The van der Waals surface area contributed by atoms with Crippen LogP contribution in [0.3, 0.4) is 0 Å². The molecule has 176 valence electrons. The zero-order valence-corrected chi connectivity index (χ0v) is 20.0. The molecule has 0 saturated carbocycles. The van der Waals surface area contributed by atoms with E-state index in [0.29, 0.717) is 34.2 Å². The Balaban J connectivity index is 2.08. The molecule has 3 aromatic rings. The van der Waals surface area contributed by atoms with Gasteiger partial charge in [-0.3, -0.25) is 4.79 Å². The lowest BCUT2D eigenvalue weighted by atomic mass is 10.1.